The van der Waals surface area contributed by atoms with Gasteiger partial charge < -0.3 is 8.94 Å². The molecule has 28 heavy (non-hydrogen) atoms. The summed E-state index contributed by atoms with van der Waals surface area (Å²) in [6.45, 7) is 5.61. The highest BCUT2D eigenvalue weighted by Gasteiger charge is 2.23. The minimum atomic E-state index is -3.84. The fourth-order valence-corrected chi connectivity index (χ4v) is 4.29. The first-order chi connectivity index (χ1) is 13.3. The first-order valence-electron chi connectivity index (χ1n) is 9.23. The van der Waals surface area contributed by atoms with E-state index in [9.17, 15) is 8.42 Å². The molecule has 0 saturated carbocycles. The van der Waals surface area contributed by atoms with Crippen LogP contribution in [-0.2, 0) is 29.4 Å². The summed E-state index contributed by atoms with van der Waals surface area (Å²) in [5.74, 6) is 1.21. The molecular formula is C19H22N4O4S. The standard InChI is InChI=1S/C19H22N4O4S/c1-11-12(2)23-27-19(11)16-8-9-18(26-16)28(24,25)20-10-17-21-13(3)14-6-4-5-7-15(14)22-17/h8-9,20H,4-7,10H2,1-3H3. The summed E-state index contributed by atoms with van der Waals surface area (Å²) >= 11 is 0. The van der Waals surface area contributed by atoms with Crippen molar-refractivity contribution < 1.29 is 17.4 Å². The molecule has 3 heterocycles. The van der Waals surface area contributed by atoms with Crippen LogP contribution in [0.5, 0.6) is 0 Å². The molecule has 0 radical (unpaired) electrons. The Balaban J connectivity index is 1.52. The number of aromatic nitrogens is 3. The number of fused-ring (bicyclic) bond motifs is 1. The molecule has 3 aromatic rings. The largest absolute Gasteiger partial charge is 0.440 e. The molecule has 8 nitrogen and oxygen atoms in total. The SMILES string of the molecule is Cc1noc(-c2ccc(S(=O)(=O)NCc3nc(C)c4c(n3)CCCC4)o2)c1C. The van der Waals surface area contributed by atoms with Gasteiger partial charge in [-0.05, 0) is 64.2 Å². The molecule has 1 aliphatic carbocycles. The summed E-state index contributed by atoms with van der Waals surface area (Å²) in [5, 5.41) is 3.68. The fraction of sp³-hybridized carbons (Fsp3) is 0.421. The van der Waals surface area contributed by atoms with E-state index < -0.39 is 10.0 Å². The molecule has 0 atom stereocenters. The Morgan fingerprint density at radius 3 is 2.61 bits per heavy atom. The summed E-state index contributed by atoms with van der Waals surface area (Å²) in [6, 6.07) is 2.95. The molecule has 0 aromatic carbocycles. The average molecular weight is 402 g/mol. The zero-order valence-electron chi connectivity index (χ0n) is 16.1. The van der Waals surface area contributed by atoms with Crippen molar-refractivity contribution in [2.45, 2.75) is 58.1 Å². The van der Waals surface area contributed by atoms with Gasteiger partial charge in [-0.1, -0.05) is 5.16 Å². The van der Waals surface area contributed by atoms with Crippen molar-refractivity contribution in [2.24, 2.45) is 0 Å². The van der Waals surface area contributed by atoms with Gasteiger partial charge in [-0.3, -0.25) is 0 Å². The van der Waals surface area contributed by atoms with Crippen LogP contribution in [0.25, 0.3) is 11.5 Å². The summed E-state index contributed by atoms with van der Waals surface area (Å²) in [7, 11) is -3.84. The maximum atomic E-state index is 12.6. The van der Waals surface area contributed by atoms with Crippen molar-refractivity contribution >= 4 is 10.0 Å². The molecule has 148 valence electrons. The normalized spacial score (nSPS) is 14.2. The lowest BCUT2D eigenvalue weighted by Gasteiger charge is -2.17. The van der Waals surface area contributed by atoms with Gasteiger partial charge in [0.25, 0.3) is 10.0 Å². The van der Waals surface area contributed by atoms with Crippen molar-refractivity contribution in [1.29, 1.82) is 0 Å². The number of hydrogen-bond acceptors (Lipinski definition) is 7. The molecule has 0 aliphatic heterocycles. The predicted molar refractivity (Wildman–Crippen MR) is 101 cm³/mol. The highest BCUT2D eigenvalue weighted by molar-refractivity contribution is 7.89. The van der Waals surface area contributed by atoms with E-state index in [0.29, 0.717) is 17.3 Å². The second-order valence-electron chi connectivity index (χ2n) is 7.02. The number of hydrogen-bond donors (Lipinski definition) is 1. The zero-order chi connectivity index (χ0) is 19.9. The summed E-state index contributed by atoms with van der Waals surface area (Å²) in [6.07, 6.45) is 4.15. The molecule has 0 saturated heterocycles. The molecule has 4 rings (SSSR count). The van der Waals surface area contributed by atoms with Gasteiger partial charge in [-0.25, -0.2) is 23.1 Å². The molecule has 1 aliphatic rings. The van der Waals surface area contributed by atoms with Crippen LogP contribution in [-0.4, -0.2) is 23.5 Å². The lowest BCUT2D eigenvalue weighted by molar-refractivity contribution is 0.397. The Morgan fingerprint density at radius 1 is 1.07 bits per heavy atom. The van der Waals surface area contributed by atoms with E-state index in [4.69, 9.17) is 8.94 Å². The fourth-order valence-electron chi connectivity index (χ4n) is 3.39. The van der Waals surface area contributed by atoms with Crippen molar-refractivity contribution in [1.82, 2.24) is 19.8 Å². The summed E-state index contributed by atoms with van der Waals surface area (Å²) in [5.41, 5.74) is 4.70. The Labute approximate surface area is 163 Å². The van der Waals surface area contributed by atoms with Crippen molar-refractivity contribution in [3.8, 4) is 11.5 Å². The van der Waals surface area contributed by atoms with E-state index in [1.54, 1.807) is 6.07 Å². The molecule has 1 N–H and O–H groups in total. The van der Waals surface area contributed by atoms with E-state index in [0.717, 1.165) is 48.3 Å². The first-order valence-corrected chi connectivity index (χ1v) is 10.7. The van der Waals surface area contributed by atoms with Gasteiger partial charge in [-0.2, -0.15) is 0 Å². The minimum Gasteiger partial charge on any atom is -0.440 e. The molecule has 3 aromatic heterocycles. The van der Waals surface area contributed by atoms with Gasteiger partial charge in [0.1, 0.15) is 5.82 Å². The number of rotatable bonds is 5. The molecule has 0 amide bonds. The number of nitrogens with one attached hydrogen (secondary N) is 1. The molecule has 0 unspecified atom stereocenters. The van der Waals surface area contributed by atoms with Crippen molar-refractivity contribution in [3.05, 3.63) is 46.2 Å². The number of furan rings is 1. The van der Waals surface area contributed by atoms with E-state index in [1.165, 1.54) is 11.6 Å². The van der Waals surface area contributed by atoms with E-state index in [1.807, 2.05) is 20.8 Å². The van der Waals surface area contributed by atoms with Gasteiger partial charge in [0.05, 0.1) is 12.2 Å². The van der Waals surface area contributed by atoms with Gasteiger partial charge in [0.2, 0.25) is 10.9 Å². The highest BCUT2D eigenvalue weighted by Crippen LogP contribution is 2.28. The Hall–Kier alpha value is -2.52. The number of nitrogens with zero attached hydrogens (tertiary/aromatic N) is 3. The van der Waals surface area contributed by atoms with Gasteiger partial charge in [0.15, 0.2) is 5.76 Å². The third kappa shape index (κ3) is 3.47. The second-order valence-corrected chi connectivity index (χ2v) is 8.72. The van der Waals surface area contributed by atoms with Crippen LogP contribution in [0.4, 0.5) is 0 Å². The lowest BCUT2D eigenvalue weighted by Crippen LogP contribution is -2.25. The summed E-state index contributed by atoms with van der Waals surface area (Å²) < 4.78 is 38.5. The highest BCUT2D eigenvalue weighted by atomic mass is 32.2. The van der Waals surface area contributed by atoms with Gasteiger partial charge in [0, 0.05) is 17.0 Å². The van der Waals surface area contributed by atoms with Crippen molar-refractivity contribution in [3.63, 3.8) is 0 Å². The van der Waals surface area contributed by atoms with Gasteiger partial charge in [-0.15, -0.1) is 0 Å². The average Bonchev–Trinajstić information content (AvgIpc) is 3.28. The predicted octanol–water partition coefficient (Wildman–Crippen LogP) is 3.01. The van der Waals surface area contributed by atoms with Crippen LogP contribution in [0.3, 0.4) is 0 Å². The monoisotopic (exact) mass is 402 g/mol. The van der Waals surface area contributed by atoms with Crippen LogP contribution in [0, 0.1) is 20.8 Å². The third-order valence-corrected chi connectivity index (χ3v) is 6.36. The van der Waals surface area contributed by atoms with Gasteiger partial charge >= 0.3 is 0 Å². The Morgan fingerprint density at radius 2 is 1.86 bits per heavy atom. The topological polar surface area (TPSA) is 111 Å². The van der Waals surface area contributed by atoms with E-state index in [2.05, 4.69) is 19.8 Å². The smallest absolute Gasteiger partial charge is 0.274 e. The molecule has 9 heteroatoms. The van der Waals surface area contributed by atoms with Crippen LogP contribution < -0.4 is 4.72 Å². The number of aryl methyl sites for hydroxylation is 3. The van der Waals surface area contributed by atoms with E-state index >= 15 is 0 Å². The Bertz CT molecular complexity index is 1130. The lowest BCUT2D eigenvalue weighted by atomic mass is 9.95. The van der Waals surface area contributed by atoms with Crippen LogP contribution in [0.1, 0.15) is 46.9 Å². The molecular weight excluding hydrogens is 380 g/mol. The third-order valence-electron chi connectivity index (χ3n) is 5.08. The first kappa shape index (κ1) is 18.8. The molecule has 0 spiro atoms. The summed E-state index contributed by atoms with van der Waals surface area (Å²) in [4.78, 5) is 9.00. The Kier molecular flexibility index (Phi) is 4.80. The van der Waals surface area contributed by atoms with Crippen LogP contribution >= 0.6 is 0 Å². The van der Waals surface area contributed by atoms with Crippen molar-refractivity contribution in [2.75, 3.05) is 0 Å². The zero-order valence-corrected chi connectivity index (χ0v) is 16.9. The van der Waals surface area contributed by atoms with Crippen LogP contribution in [0.2, 0.25) is 0 Å². The maximum Gasteiger partial charge on any atom is 0.274 e. The molecule has 0 bridgehead atoms. The van der Waals surface area contributed by atoms with Crippen LogP contribution in [0.15, 0.2) is 26.2 Å². The van der Waals surface area contributed by atoms with E-state index in [-0.39, 0.29) is 11.6 Å². The quantitative estimate of drug-likeness (QED) is 0.698. The number of sulfonamides is 1. The molecule has 0 fully saturated rings. The minimum absolute atomic E-state index is 0.00688. The second kappa shape index (κ2) is 7.14. The maximum absolute atomic E-state index is 12.6.